The van der Waals surface area contributed by atoms with Gasteiger partial charge in [-0.3, -0.25) is 9.69 Å². The van der Waals surface area contributed by atoms with Crippen LogP contribution in [0.25, 0.3) is 0 Å². The van der Waals surface area contributed by atoms with Crippen molar-refractivity contribution < 1.29 is 33.3 Å². The fourth-order valence-corrected chi connectivity index (χ4v) is 5.52. The molecule has 1 aromatic heterocycles. The van der Waals surface area contributed by atoms with Gasteiger partial charge in [0.25, 0.3) is 5.91 Å². The number of aliphatic hydroxyl groups excluding tert-OH is 1. The maximum absolute atomic E-state index is 16.3. The number of benzene rings is 3. The monoisotopic (exact) mass is 679 g/mol. The summed E-state index contributed by atoms with van der Waals surface area (Å²) >= 11 is 5.99. The number of hydrogen-bond acceptors (Lipinski definition) is 8. The number of carbonyl (C=O) groups is 2. The van der Waals surface area contributed by atoms with E-state index in [0.29, 0.717) is 40.2 Å². The van der Waals surface area contributed by atoms with Crippen LogP contribution < -0.4 is 15.0 Å². The molecule has 0 fully saturated rings. The zero-order valence-corrected chi connectivity index (χ0v) is 29.1. The third-order valence-corrected chi connectivity index (χ3v) is 8.47. The summed E-state index contributed by atoms with van der Waals surface area (Å²) in [5.41, 5.74) is 3.47. The molecular weight excluding hydrogens is 637 g/mol. The lowest BCUT2D eigenvalue weighted by atomic mass is 9.83. The summed E-state index contributed by atoms with van der Waals surface area (Å²) in [5.74, 6) is 0.00576. The Balaban J connectivity index is 0.00000151. The fourth-order valence-electron chi connectivity index (χ4n) is 5.40. The van der Waals surface area contributed by atoms with Crippen LogP contribution in [-0.2, 0) is 11.4 Å². The van der Waals surface area contributed by atoms with Gasteiger partial charge in [-0.15, -0.1) is 0 Å². The van der Waals surface area contributed by atoms with Crippen LogP contribution in [0.1, 0.15) is 79.8 Å². The molecule has 0 aliphatic carbocycles. The zero-order chi connectivity index (χ0) is 35.8. The van der Waals surface area contributed by atoms with Crippen molar-refractivity contribution in [2.45, 2.75) is 67.0 Å². The van der Waals surface area contributed by atoms with Gasteiger partial charge in [-0.1, -0.05) is 57.0 Å². The summed E-state index contributed by atoms with van der Waals surface area (Å²) in [4.78, 5) is 28.3. The molecule has 4 aromatic rings. The van der Waals surface area contributed by atoms with E-state index in [1.807, 2.05) is 25.8 Å². The first-order valence-corrected chi connectivity index (χ1v) is 15.7. The lowest BCUT2D eigenvalue weighted by Crippen LogP contribution is -2.36. The molecule has 0 spiro atoms. The number of aromatic nitrogens is 1. The average molecular weight is 680 g/mol. The third kappa shape index (κ3) is 8.42. The Labute approximate surface area is 286 Å². The molecule has 3 aromatic carbocycles. The predicted octanol–water partition coefficient (Wildman–Crippen LogP) is 8.71. The van der Waals surface area contributed by atoms with E-state index in [-0.39, 0.29) is 29.0 Å². The van der Waals surface area contributed by atoms with E-state index in [0.717, 1.165) is 30.4 Å². The number of amides is 1. The van der Waals surface area contributed by atoms with Crippen LogP contribution in [0.15, 0.2) is 76.4 Å². The molecule has 1 atom stereocenters. The Morgan fingerprint density at radius 2 is 1.77 bits per heavy atom. The summed E-state index contributed by atoms with van der Waals surface area (Å²) in [6.07, 6.45) is 1.49. The molecule has 0 bridgehead atoms. The summed E-state index contributed by atoms with van der Waals surface area (Å²) in [5, 5.41) is 22.1. The van der Waals surface area contributed by atoms with Gasteiger partial charge in [0.05, 0.1) is 11.7 Å². The molecule has 11 heteroatoms. The van der Waals surface area contributed by atoms with E-state index in [4.69, 9.17) is 30.7 Å². The standard InChI is InChI=1S/C35H37ClFN3O4.CH4O.CH2O/c1-7-35(5,6)18-28-20(2)33(26-16-15-25(17-27(26)37)43-19-23-11-13-24(36)14-12-23)40(29-9-8-10-30(41)32(29)39-28)34(42)31-21(3)44-22(4)38-31;2*1-2/h8-17,33,39,41H,7,18-19H2,1-6H3;2H,1H3;1H2. The maximum atomic E-state index is 16.3. The number of aromatic hydroxyl groups is 1. The number of aliphatic hydroxyl groups is 1. The van der Waals surface area contributed by atoms with Gasteiger partial charge in [0.1, 0.15) is 42.2 Å². The van der Waals surface area contributed by atoms with Crippen molar-refractivity contribution in [1.29, 1.82) is 0 Å². The quantitative estimate of drug-likeness (QED) is 0.158. The van der Waals surface area contributed by atoms with Gasteiger partial charge >= 0.3 is 0 Å². The minimum absolute atomic E-state index is 0.0278. The lowest BCUT2D eigenvalue weighted by Gasteiger charge is -2.33. The van der Waals surface area contributed by atoms with Gasteiger partial charge in [0.2, 0.25) is 0 Å². The number of phenols is 1. The molecule has 0 saturated heterocycles. The number of ether oxygens (including phenoxy) is 1. The minimum atomic E-state index is -0.873. The van der Waals surface area contributed by atoms with Gasteiger partial charge in [-0.25, -0.2) is 9.37 Å². The Morgan fingerprint density at radius 1 is 1.10 bits per heavy atom. The number of hydrogen-bond donors (Lipinski definition) is 3. The fraction of sp³-hybridized carbons (Fsp3) is 0.324. The highest BCUT2D eigenvalue weighted by Gasteiger charge is 2.39. The first-order valence-electron chi connectivity index (χ1n) is 15.3. The Bertz CT molecular complexity index is 1750. The molecule has 5 rings (SSSR count). The van der Waals surface area contributed by atoms with Gasteiger partial charge in [-0.05, 0) is 73.2 Å². The molecular formula is C37H43ClFN3O6. The highest BCUT2D eigenvalue weighted by Crippen LogP contribution is 2.48. The number of rotatable bonds is 8. The molecule has 1 amide bonds. The van der Waals surface area contributed by atoms with Crippen LogP contribution in [-0.4, -0.2) is 35.0 Å². The van der Waals surface area contributed by atoms with Crippen LogP contribution in [0.2, 0.25) is 5.02 Å². The number of oxazole rings is 1. The highest BCUT2D eigenvalue weighted by molar-refractivity contribution is 6.30. The van der Waals surface area contributed by atoms with E-state index in [2.05, 4.69) is 31.1 Å². The molecule has 256 valence electrons. The second-order valence-electron chi connectivity index (χ2n) is 12.0. The number of para-hydroxylation sites is 1. The predicted molar refractivity (Wildman–Crippen MR) is 186 cm³/mol. The largest absolute Gasteiger partial charge is 0.506 e. The average Bonchev–Trinajstić information content (AvgIpc) is 3.37. The van der Waals surface area contributed by atoms with Gasteiger partial charge < -0.3 is 29.5 Å². The second kappa shape index (κ2) is 16.4. The Morgan fingerprint density at radius 3 is 2.35 bits per heavy atom. The number of fused-ring (bicyclic) bond motifs is 1. The Kier molecular flexibility index (Phi) is 12.9. The van der Waals surface area contributed by atoms with Crippen molar-refractivity contribution in [3.05, 3.63) is 111 Å². The normalized spacial score (nSPS) is 14.0. The highest BCUT2D eigenvalue weighted by atomic mass is 35.5. The number of aryl methyl sites for hydroxylation is 2. The summed E-state index contributed by atoms with van der Waals surface area (Å²) in [6, 6.07) is 16.0. The van der Waals surface area contributed by atoms with Crippen molar-refractivity contribution in [1.82, 2.24) is 4.98 Å². The smallest absolute Gasteiger partial charge is 0.281 e. The first kappa shape index (κ1) is 37.8. The van der Waals surface area contributed by atoms with Crippen LogP contribution in [0.5, 0.6) is 11.5 Å². The summed E-state index contributed by atoms with van der Waals surface area (Å²) < 4.78 is 27.8. The Hall–Kier alpha value is -4.67. The first-order chi connectivity index (χ1) is 22.9. The number of carbonyl (C=O) groups excluding carboxylic acids is 2. The van der Waals surface area contributed by atoms with Crippen molar-refractivity contribution in [3.63, 3.8) is 0 Å². The van der Waals surface area contributed by atoms with E-state index in [1.54, 1.807) is 56.3 Å². The molecule has 0 radical (unpaired) electrons. The molecule has 9 nitrogen and oxygen atoms in total. The molecule has 3 N–H and O–H groups in total. The third-order valence-electron chi connectivity index (χ3n) is 8.22. The lowest BCUT2D eigenvalue weighted by molar-refractivity contribution is -0.0980. The summed E-state index contributed by atoms with van der Waals surface area (Å²) in [7, 11) is 1.00. The van der Waals surface area contributed by atoms with E-state index in [9.17, 15) is 9.90 Å². The number of nitrogens with one attached hydrogen (secondary N) is 1. The maximum Gasteiger partial charge on any atom is 0.281 e. The molecule has 48 heavy (non-hydrogen) atoms. The molecule has 1 unspecified atom stereocenters. The van der Waals surface area contributed by atoms with Crippen molar-refractivity contribution in [2.24, 2.45) is 5.41 Å². The van der Waals surface area contributed by atoms with Crippen LogP contribution in [0, 0.1) is 25.1 Å². The van der Waals surface area contributed by atoms with Crippen LogP contribution in [0.3, 0.4) is 0 Å². The van der Waals surface area contributed by atoms with Gasteiger partial charge in [-0.2, -0.15) is 0 Å². The topological polar surface area (TPSA) is 125 Å². The number of anilines is 2. The van der Waals surface area contributed by atoms with Crippen LogP contribution in [0.4, 0.5) is 15.8 Å². The number of phenolic OH excluding ortho intramolecular Hbond substituents is 1. The van der Waals surface area contributed by atoms with E-state index < -0.39 is 17.8 Å². The molecule has 1 aliphatic heterocycles. The van der Waals surface area contributed by atoms with Crippen molar-refractivity contribution in [2.75, 3.05) is 17.3 Å². The number of nitrogens with zero attached hydrogens (tertiary/aromatic N) is 2. The van der Waals surface area contributed by atoms with Crippen molar-refractivity contribution >= 4 is 35.7 Å². The zero-order valence-electron chi connectivity index (χ0n) is 28.4. The summed E-state index contributed by atoms with van der Waals surface area (Å²) in [6.45, 7) is 13.9. The molecule has 1 aliphatic rings. The molecule has 0 saturated carbocycles. The molecule has 2 heterocycles. The minimum Gasteiger partial charge on any atom is -0.506 e. The van der Waals surface area contributed by atoms with Gasteiger partial charge in [0, 0.05) is 36.4 Å². The second-order valence-corrected chi connectivity index (χ2v) is 12.4. The SMILES string of the molecule is C=O.CCC(C)(C)CC1=C(C)C(c2ccc(OCc3ccc(Cl)cc3)cc2F)N(C(=O)c2nc(C)oc2C)c2cccc(O)c2N1.CO. The van der Waals surface area contributed by atoms with E-state index in [1.165, 1.54) is 11.0 Å². The van der Waals surface area contributed by atoms with Gasteiger partial charge in [0.15, 0.2) is 11.6 Å². The number of halogens is 2. The van der Waals surface area contributed by atoms with E-state index >= 15 is 4.39 Å². The number of allylic oxidation sites excluding steroid dienone is 1. The van der Waals surface area contributed by atoms with Crippen molar-refractivity contribution in [3.8, 4) is 11.5 Å². The van der Waals surface area contributed by atoms with Crippen LogP contribution >= 0.6 is 11.6 Å².